The molecule has 2 N–H and O–H groups in total. The molecule has 6 heteroatoms. The van der Waals surface area contributed by atoms with Gasteiger partial charge in [-0.3, -0.25) is 4.79 Å². The van der Waals surface area contributed by atoms with Crippen molar-refractivity contribution in [3.63, 3.8) is 0 Å². The molecule has 1 aromatic carbocycles. The van der Waals surface area contributed by atoms with Crippen LogP contribution in [0.3, 0.4) is 0 Å². The largest absolute Gasteiger partial charge is 0.508 e. The van der Waals surface area contributed by atoms with Crippen LogP contribution >= 0.6 is 0 Å². The maximum Gasteiger partial charge on any atom is 0.219 e. The molecule has 0 unspecified atom stereocenters. The lowest BCUT2D eigenvalue weighted by molar-refractivity contribution is -0.121. The quantitative estimate of drug-likeness (QED) is 0.755. The van der Waals surface area contributed by atoms with E-state index in [-0.39, 0.29) is 11.7 Å². The van der Waals surface area contributed by atoms with Gasteiger partial charge in [0.05, 0.1) is 0 Å². The van der Waals surface area contributed by atoms with Crippen LogP contribution in [0.15, 0.2) is 36.9 Å². The van der Waals surface area contributed by atoms with Crippen LogP contribution in [0, 0.1) is 6.92 Å². The van der Waals surface area contributed by atoms with Gasteiger partial charge >= 0.3 is 0 Å². The van der Waals surface area contributed by atoms with Gasteiger partial charge in [0.25, 0.3) is 0 Å². The molecule has 1 aromatic rings. The Hall–Kier alpha value is -2.47. The number of benzene rings is 1. The predicted octanol–water partition coefficient (Wildman–Crippen LogP) is 3.18. The minimum absolute atomic E-state index is 0.155. The second-order valence-electron chi connectivity index (χ2n) is 7.52. The summed E-state index contributed by atoms with van der Waals surface area (Å²) < 4.78 is 5.66. The topological polar surface area (TPSA) is 65.0 Å². The molecule has 1 fully saturated rings. The van der Waals surface area contributed by atoms with E-state index in [1.807, 2.05) is 32.3 Å². The van der Waals surface area contributed by atoms with Gasteiger partial charge in [-0.15, -0.1) is 0 Å². The number of hydrogen-bond acceptors (Lipinski definition) is 5. The number of carbonyl (C=O) groups excluding carboxylic acids is 1. The lowest BCUT2D eigenvalue weighted by Gasteiger charge is -2.32. The lowest BCUT2D eigenvalue weighted by atomic mass is 10.0. The number of amides is 1. The summed E-state index contributed by atoms with van der Waals surface area (Å²) in [5.41, 5.74) is 1.97. The average Bonchev–Trinajstić information content (AvgIpc) is 2.71. The van der Waals surface area contributed by atoms with Crippen LogP contribution in [0.1, 0.15) is 43.7 Å². The van der Waals surface area contributed by atoms with Crippen molar-refractivity contribution < 1.29 is 14.6 Å². The third kappa shape index (κ3) is 5.52. The van der Waals surface area contributed by atoms with Crippen LogP contribution < -0.4 is 5.32 Å². The van der Waals surface area contributed by atoms with Gasteiger partial charge in [0.1, 0.15) is 17.8 Å². The van der Waals surface area contributed by atoms with Gasteiger partial charge in [-0.05, 0) is 50.4 Å². The van der Waals surface area contributed by atoms with E-state index in [0.29, 0.717) is 12.5 Å². The molecular formula is C22H31N3O3. The first-order valence-corrected chi connectivity index (χ1v) is 10.2. The highest BCUT2D eigenvalue weighted by molar-refractivity contribution is 5.75. The monoisotopic (exact) mass is 385 g/mol. The van der Waals surface area contributed by atoms with Crippen molar-refractivity contribution >= 4 is 11.7 Å². The number of hydrogen-bond donors (Lipinski definition) is 2. The summed E-state index contributed by atoms with van der Waals surface area (Å²) in [6.45, 7) is 7.94. The molecule has 2 heterocycles. The van der Waals surface area contributed by atoms with E-state index in [4.69, 9.17) is 4.74 Å². The SMILES string of the molecule is CCC(=O)NC1CCN(CCCN2C=COC(c3cc(O)ccc3C)=C2)CC1. The highest BCUT2D eigenvalue weighted by Gasteiger charge is 2.20. The van der Waals surface area contributed by atoms with Crippen molar-refractivity contribution in [2.45, 2.75) is 45.6 Å². The van der Waals surface area contributed by atoms with E-state index in [9.17, 15) is 9.90 Å². The highest BCUT2D eigenvalue weighted by atomic mass is 16.5. The number of ether oxygens (including phenoxy) is 1. The van der Waals surface area contributed by atoms with Gasteiger partial charge < -0.3 is 25.0 Å². The Morgan fingerprint density at radius 2 is 2.07 bits per heavy atom. The Labute approximate surface area is 167 Å². The maximum absolute atomic E-state index is 11.5. The fraction of sp³-hybridized carbons (Fsp3) is 0.500. The van der Waals surface area contributed by atoms with E-state index in [0.717, 1.165) is 62.3 Å². The number of piperidine rings is 1. The number of phenols is 1. The van der Waals surface area contributed by atoms with Crippen LogP contribution in [0.2, 0.25) is 0 Å². The molecule has 0 radical (unpaired) electrons. The highest BCUT2D eigenvalue weighted by Crippen LogP contribution is 2.27. The molecule has 0 aliphatic carbocycles. The molecule has 2 aliphatic rings. The molecule has 1 amide bonds. The number of nitrogens with one attached hydrogen (secondary N) is 1. The Kier molecular flexibility index (Phi) is 6.98. The summed E-state index contributed by atoms with van der Waals surface area (Å²) in [4.78, 5) is 16.1. The smallest absolute Gasteiger partial charge is 0.219 e. The van der Waals surface area contributed by atoms with Crippen LogP contribution in [0.4, 0.5) is 0 Å². The number of rotatable bonds is 7. The average molecular weight is 386 g/mol. The molecule has 1 saturated heterocycles. The molecule has 0 atom stereocenters. The molecule has 0 bridgehead atoms. The van der Waals surface area contributed by atoms with E-state index in [2.05, 4.69) is 15.1 Å². The zero-order valence-corrected chi connectivity index (χ0v) is 16.9. The summed E-state index contributed by atoms with van der Waals surface area (Å²) in [5, 5.41) is 12.9. The van der Waals surface area contributed by atoms with Gasteiger partial charge in [0.2, 0.25) is 5.91 Å². The van der Waals surface area contributed by atoms with Crippen LogP contribution in [-0.4, -0.2) is 53.0 Å². The Bertz CT molecular complexity index is 737. The van der Waals surface area contributed by atoms with Crippen LogP contribution in [0.25, 0.3) is 5.76 Å². The minimum Gasteiger partial charge on any atom is -0.508 e. The van der Waals surface area contributed by atoms with Gasteiger partial charge in [-0.25, -0.2) is 0 Å². The van der Waals surface area contributed by atoms with Crippen molar-refractivity contribution in [1.29, 1.82) is 0 Å². The van der Waals surface area contributed by atoms with E-state index in [1.165, 1.54) is 0 Å². The van der Waals surface area contributed by atoms with Crippen molar-refractivity contribution in [1.82, 2.24) is 15.1 Å². The zero-order valence-electron chi connectivity index (χ0n) is 16.9. The summed E-state index contributed by atoms with van der Waals surface area (Å²) >= 11 is 0. The molecule has 0 spiro atoms. The Morgan fingerprint density at radius 3 is 2.82 bits per heavy atom. The molecule has 6 nitrogen and oxygen atoms in total. The fourth-order valence-electron chi connectivity index (χ4n) is 3.66. The van der Waals surface area contributed by atoms with Crippen molar-refractivity contribution in [3.8, 4) is 5.75 Å². The standard InChI is InChI=1S/C22H31N3O3/c1-3-22(27)23-18-7-11-24(12-8-18)9-4-10-25-13-14-28-21(16-25)20-15-19(26)6-5-17(20)2/h5-6,13-16,18,26H,3-4,7-12H2,1-2H3,(H,23,27). The van der Waals surface area contributed by atoms with Gasteiger partial charge in [0, 0.05) is 50.1 Å². The Morgan fingerprint density at radius 1 is 1.29 bits per heavy atom. The molecule has 28 heavy (non-hydrogen) atoms. The molecule has 3 rings (SSSR count). The fourth-order valence-corrected chi connectivity index (χ4v) is 3.66. The zero-order chi connectivity index (χ0) is 19.9. The molecule has 0 saturated carbocycles. The first kappa shape index (κ1) is 20.3. The third-order valence-electron chi connectivity index (χ3n) is 5.38. The van der Waals surface area contributed by atoms with E-state index >= 15 is 0 Å². The minimum atomic E-state index is 0.155. The first-order valence-electron chi connectivity index (χ1n) is 10.2. The summed E-state index contributed by atoms with van der Waals surface area (Å²) in [6, 6.07) is 5.65. The number of aryl methyl sites for hydroxylation is 1. The number of carbonyl (C=O) groups is 1. The van der Waals surface area contributed by atoms with Gasteiger partial charge in [-0.2, -0.15) is 0 Å². The normalized spacial score (nSPS) is 17.9. The van der Waals surface area contributed by atoms with E-state index in [1.54, 1.807) is 18.4 Å². The summed E-state index contributed by atoms with van der Waals surface area (Å²) in [7, 11) is 0. The number of nitrogens with zero attached hydrogens (tertiary/aromatic N) is 2. The Balaban J connectivity index is 1.44. The number of likely N-dealkylation sites (tertiary alicyclic amines) is 1. The van der Waals surface area contributed by atoms with Crippen molar-refractivity contribution in [2.75, 3.05) is 26.2 Å². The lowest BCUT2D eigenvalue weighted by Crippen LogP contribution is -2.44. The summed E-state index contributed by atoms with van der Waals surface area (Å²) in [6.07, 6.45) is 9.31. The predicted molar refractivity (Wildman–Crippen MR) is 110 cm³/mol. The first-order chi connectivity index (χ1) is 13.5. The third-order valence-corrected chi connectivity index (χ3v) is 5.38. The van der Waals surface area contributed by atoms with Crippen LogP contribution in [0.5, 0.6) is 5.75 Å². The second kappa shape index (κ2) is 9.64. The number of aromatic hydroxyl groups is 1. The van der Waals surface area contributed by atoms with Gasteiger partial charge in [-0.1, -0.05) is 13.0 Å². The molecule has 0 aromatic heterocycles. The maximum atomic E-state index is 11.5. The van der Waals surface area contributed by atoms with E-state index < -0.39 is 0 Å². The van der Waals surface area contributed by atoms with Crippen molar-refractivity contribution in [3.05, 3.63) is 48.0 Å². The molecular weight excluding hydrogens is 354 g/mol. The van der Waals surface area contributed by atoms with Crippen molar-refractivity contribution in [2.24, 2.45) is 0 Å². The summed E-state index contributed by atoms with van der Waals surface area (Å²) in [5.74, 6) is 1.15. The van der Waals surface area contributed by atoms with Gasteiger partial charge in [0.15, 0.2) is 0 Å². The second-order valence-corrected chi connectivity index (χ2v) is 7.52. The number of phenolic OH excluding ortho intramolecular Hbond substituents is 1. The van der Waals surface area contributed by atoms with Crippen LogP contribution in [-0.2, 0) is 9.53 Å². The molecule has 2 aliphatic heterocycles. The molecule has 152 valence electrons.